The molecule has 0 saturated carbocycles. The van der Waals surface area contributed by atoms with Crippen molar-refractivity contribution in [3.8, 4) is 17.0 Å². The van der Waals surface area contributed by atoms with E-state index in [1.54, 1.807) is 7.11 Å². The molecule has 0 spiro atoms. The number of ether oxygens (including phenoxy) is 1. The van der Waals surface area contributed by atoms with Gasteiger partial charge in [-0.15, -0.1) is 10.2 Å². The Morgan fingerprint density at radius 2 is 1.79 bits per heavy atom. The predicted octanol–water partition coefficient (Wildman–Crippen LogP) is 4.79. The SMILES string of the molecule is CCCCCCc1nnnc(-c2cccc(CC)c2CC)c1OC. The first-order chi connectivity index (χ1) is 11.8. The summed E-state index contributed by atoms with van der Waals surface area (Å²) >= 11 is 0. The van der Waals surface area contributed by atoms with Crippen molar-refractivity contribution in [2.24, 2.45) is 0 Å². The molecule has 0 fully saturated rings. The van der Waals surface area contributed by atoms with Gasteiger partial charge in [0.2, 0.25) is 0 Å². The molecule has 0 unspecified atom stereocenters. The van der Waals surface area contributed by atoms with Crippen LogP contribution in [-0.2, 0) is 19.3 Å². The highest BCUT2D eigenvalue weighted by molar-refractivity contribution is 5.71. The maximum absolute atomic E-state index is 5.70. The molecule has 24 heavy (non-hydrogen) atoms. The van der Waals surface area contributed by atoms with Crippen molar-refractivity contribution in [2.45, 2.75) is 65.7 Å². The van der Waals surface area contributed by atoms with Gasteiger partial charge in [0.05, 0.1) is 7.11 Å². The van der Waals surface area contributed by atoms with E-state index in [2.05, 4.69) is 54.4 Å². The quantitative estimate of drug-likeness (QED) is 0.621. The lowest BCUT2D eigenvalue weighted by Gasteiger charge is -2.15. The summed E-state index contributed by atoms with van der Waals surface area (Å²) < 4.78 is 5.70. The number of rotatable bonds is 9. The van der Waals surface area contributed by atoms with E-state index in [1.807, 2.05) is 0 Å². The Hall–Kier alpha value is -1.97. The lowest BCUT2D eigenvalue weighted by Crippen LogP contribution is -2.05. The topological polar surface area (TPSA) is 47.9 Å². The second-order valence-corrected chi connectivity index (χ2v) is 6.08. The van der Waals surface area contributed by atoms with Crippen LogP contribution in [0.3, 0.4) is 0 Å². The monoisotopic (exact) mass is 327 g/mol. The minimum atomic E-state index is 0.782. The maximum atomic E-state index is 5.70. The molecule has 1 heterocycles. The zero-order valence-corrected chi connectivity index (χ0v) is 15.4. The van der Waals surface area contributed by atoms with Crippen LogP contribution in [0.15, 0.2) is 18.2 Å². The van der Waals surface area contributed by atoms with Gasteiger partial charge in [0.25, 0.3) is 0 Å². The van der Waals surface area contributed by atoms with E-state index >= 15 is 0 Å². The molecule has 0 aliphatic heterocycles. The Labute approximate surface area is 145 Å². The highest BCUT2D eigenvalue weighted by atomic mass is 16.5. The largest absolute Gasteiger partial charge is 0.492 e. The molecule has 0 N–H and O–H groups in total. The third-order valence-electron chi connectivity index (χ3n) is 4.52. The normalized spacial score (nSPS) is 10.8. The van der Waals surface area contributed by atoms with Crippen LogP contribution in [-0.4, -0.2) is 22.5 Å². The number of hydrogen-bond acceptors (Lipinski definition) is 4. The molecule has 2 rings (SSSR count). The highest BCUT2D eigenvalue weighted by Crippen LogP contribution is 2.34. The molecule has 0 atom stereocenters. The number of nitrogens with zero attached hydrogens (tertiary/aromatic N) is 3. The first-order valence-corrected chi connectivity index (χ1v) is 9.14. The molecule has 0 saturated heterocycles. The molecule has 0 aliphatic carbocycles. The zero-order valence-electron chi connectivity index (χ0n) is 15.4. The molecule has 1 aromatic heterocycles. The number of benzene rings is 1. The lowest BCUT2D eigenvalue weighted by atomic mass is 9.94. The number of aromatic nitrogens is 3. The van der Waals surface area contributed by atoms with Gasteiger partial charge >= 0.3 is 0 Å². The predicted molar refractivity (Wildman–Crippen MR) is 98.4 cm³/mol. The van der Waals surface area contributed by atoms with Crippen molar-refractivity contribution in [2.75, 3.05) is 7.11 Å². The van der Waals surface area contributed by atoms with E-state index in [0.717, 1.165) is 48.4 Å². The minimum Gasteiger partial charge on any atom is -0.492 e. The molecule has 4 nitrogen and oxygen atoms in total. The lowest BCUT2D eigenvalue weighted by molar-refractivity contribution is 0.401. The fourth-order valence-electron chi connectivity index (χ4n) is 3.23. The third-order valence-corrected chi connectivity index (χ3v) is 4.52. The zero-order chi connectivity index (χ0) is 17.4. The molecule has 0 bridgehead atoms. The Balaban J connectivity index is 2.40. The summed E-state index contributed by atoms with van der Waals surface area (Å²) in [5.41, 5.74) is 5.56. The van der Waals surface area contributed by atoms with Crippen LogP contribution in [0.25, 0.3) is 11.3 Å². The van der Waals surface area contributed by atoms with E-state index in [-0.39, 0.29) is 0 Å². The second-order valence-electron chi connectivity index (χ2n) is 6.08. The van der Waals surface area contributed by atoms with Gasteiger partial charge in [-0.1, -0.05) is 58.2 Å². The van der Waals surface area contributed by atoms with Crippen molar-refractivity contribution in [3.05, 3.63) is 35.0 Å². The second kappa shape index (κ2) is 9.36. The van der Waals surface area contributed by atoms with Crippen molar-refractivity contribution < 1.29 is 4.74 Å². The number of hydrogen-bond donors (Lipinski definition) is 0. The summed E-state index contributed by atoms with van der Waals surface area (Å²) in [4.78, 5) is 0. The molecular formula is C20H29N3O. The number of methoxy groups -OCH3 is 1. The Morgan fingerprint density at radius 3 is 2.46 bits per heavy atom. The Morgan fingerprint density at radius 1 is 0.958 bits per heavy atom. The molecule has 4 heteroatoms. The fraction of sp³-hybridized carbons (Fsp3) is 0.550. The minimum absolute atomic E-state index is 0.782. The van der Waals surface area contributed by atoms with Crippen LogP contribution >= 0.6 is 0 Å². The molecular weight excluding hydrogens is 298 g/mol. The summed E-state index contributed by atoms with van der Waals surface area (Å²) in [5.74, 6) is 0.782. The average Bonchev–Trinajstić information content (AvgIpc) is 2.64. The van der Waals surface area contributed by atoms with E-state index in [1.165, 1.54) is 30.4 Å². The van der Waals surface area contributed by atoms with Crippen molar-refractivity contribution in [1.29, 1.82) is 0 Å². The Bertz CT molecular complexity index is 655. The first kappa shape index (κ1) is 18.4. The average molecular weight is 327 g/mol. The van der Waals surface area contributed by atoms with Crippen molar-refractivity contribution in [3.63, 3.8) is 0 Å². The summed E-state index contributed by atoms with van der Waals surface area (Å²) in [6.07, 6.45) is 7.68. The van der Waals surface area contributed by atoms with Gasteiger partial charge in [0, 0.05) is 5.56 Å². The summed E-state index contributed by atoms with van der Waals surface area (Å²) in [7, 11) is 1.70. The van der Waals surface area contributed by atoms with Gasteiger partial charge in [-0.25, -0.2) is 0 Å². The Kier molecular flexibility index (Phi) is 7.16. The maximum Gasteiger partial charge on any atom is 0.170 e. The molecule has 2 aromatic rings. The van der Waals surface area contributed by atoms with Gasteiger partial charge in [0.1, 0.15) is 11.4 Å². The number of unbranched alkanes of at least 4 members (excludes halogenated alkanes) is 3. The standard InChI is InChI=1S/C20H29N3O/c1-5-8-9-10-14-18-20(24-4)19(22-23-21-18)17-13-11-12-15(6-2)16(17)7-3/h11-13H,5-10,14H2,1-4H3. The highest BCUT2D eigenvalue weighted by Gasteiger charge is 2.18. The van der Waals surface area contributed by atoms with Crippen LogP contribution < -0.4 is 4.74 Å². The van der Waals surface area contributed by atoms with Crippen LogP contribution in [0.5, 0.6) is 5.75 Å². The van der Waals surface area contributed by atoms with Crippen molar-refractivity contribution in [1.82, 2.24) is 15.4 Å². The van der Waals surface area contributed by atoms with E-state index < -0.39 is 0 Å². The molecule has 0 radical (unpaired) electrons. The van der Waals surface area contributed by atoms with Gasteiger partial charge < -0.3 is 4.74 Å². The van der Waals surface area contributed by atoms with E-state index in [4.69, 9.17) is 4.74 Å². The van der Waals surface area contributed by atoms with Crippen LogP contribution in [0, 0.1) is 0 Å². The molecule has 130 valence electrons. The van der Waals surface area contributed by atoms with E-state index in [0.29, 0.717) is 0 Å². The summed E-state index contributed by atoms with van der Waals surface area (Å²) in [6, 6.07) is 6.40. The van der Waals surface area contributed by atoms with Gasteiger partial charge in [0.15, 0.2) is 5.75 Å². The third kappa shape index (κ3) is 4.11. The van der Waals surface area contributed by atoms with Crippen LogP contribution in [0.2, 0.25) is 0 Å². The summed E-state index contributed by atoms with van der Waals surface area (Å²) in [6.45, 7) is 6.59. The molecule has 1 aromatic carbocycles. The number of aryl methyl sites for hydroxylation is 2. The van der Waals surface area contributed by atoms with E-state index in [9.17, 15) is 0 Å². The van der Waals surface area contributed by atoms with Crippen LogP contribution in [0.1, 0.15) is 63.3 Å². The first-order valence-electron chi connectivity index (χ1n) is 9.14. The van der Waals surface area contributed by atoms with Gasteiger partial charge in [-0.3, -0.25) is 0 Å². The van der Waals surface area contributed by atoms with Crippen LogP contribution in [0.4, 0.5) is 0 Å². The fourth-order valence-corrected chi connectivity index (χ4v) is 3.23. The van der Waals surface area contributed by atoms with Crippen molar-refractivity contribution >= 4 is 0 Å². The smallest absolute Gasteiger partial charge is 0.170 e. The van der Waals surface area contributed by atoms with Gasteiger partial charge in [-0.05, 0) is 42.0 Å². The molecule has 0 aliphatic rings. The summed E-state index contributed by atoms with van der Waals surface area (Å²) in [5, 5.41) is 12.6. The van der Waals surface area contributed by atoms with Gasteiger partial charge in [-0.2, -0.15) is 0 Å². The molecule has 0 amide bonds.